The van der Waals surface area contributed by atoms with Crippen LogP contribution in [0, 0.1) is 0 Å². The second-order valence-electron chi connectivity index (χ2n) is 0.563. The molecule has 0 spiro atoms. The lowest BCUT2D eigenvalue weighted by Gasteiger charge is -1.60. The third kappa shape index (κ3) is 1.99. The molecule has 4 heavy (non-hydrogen) atoms. The summed E-state index contributed by atoms with van der Waals surface area (Å²) < 4.78 is 10.7. The van der Waals surface area contributed by atoms with Crippen LogP contribution in [0.1, 0.15) is 0 Å². The van der Waals surface area contributed by atoms with Crippen molar-refractivity contribution in [1.29, 1.82) is 0 Å². The zero-order valence-corrected chi connectivity index (χ0v) is 2.66. The summed E-state index contributed by atoms with van der Waals surface area (Å²) in [6.07, 6.45) is 0. The first-order valence-electron chi connectivity index (χ1n) is 1.25. The zero-order valence-electron chi connectivity index (χ0n) is 2.66. The minimum absolute atomic E-state index is 0.306. The maximum atomic E-state index is 10.7. The van der Waals surface area contributed by atoms with Crippen molar-refractivity contribution in [3.05, 3.63) is 0 Å². The van der Waals surface area contributed by atoms with E-state index in [0.717, 1.165) is 0 Å². The van der Waals surface area contributed by atoms with Gasteiger partial charge in [-0.1, -0.05) is 6.82 Å². The molecule has 0 fully saturated rings. The Kier molecular flexibility index (Phi) is 2.99. The predicted molar refractivity (Wildman–Crippen MR) is 17.6 cm³/mol. The highest BCUT2D eigenvalue weighted by Crippen LogP contribution is 1.54. The highest BCUT2D eigenvalue weighted by Gasteiger charge is 1.65. The quantitative estimate of drug-likeness (QED) is 0.389. The van der Waals surface area contributed by atoms with Crippen LogP contribution in [0.5, 0.6) is 0 Å². The number of halogens is 1. The summed E-state index contributed by atoms with van der Waals surface area (Å²) in [4.78, 5) is 0. The van der Waals surface area contributed by atoms with Gasteiger partial charge in [0.05, 0.1) is 6.57 Å². The monoisotopic (exact) mass is 59.0 g/mol. The van der Waals surface area contributed by atoms with Crippen LogP contribution in [0.2, 0.25) is 6.82 Å². The van der Waals surface area contributed by atoms with E-state index in [1.54, 1.807) is 6.82 Å². The standard InChI is InChI=1S/C2H5BF/c1-3-2-4/h2H2,1H3. The summed E-state index contributed by atoms with van der Waals surface area (Å²) >= 11 is 0. The van der Waals surface area contributed by atoms with Gasteiger partial charge in [-0.25, -0.2) is 0 Å². The van der Waals surface area contributed by atoms with Gasteiger partial charge in [0.25, 0.3) is 0 Å². The Morgan fingerprint density at radius 3 is 2.25 bits per heavy atom. The summed E-state index contributed by atoms with van der Waals surface area (Å²) in [7, 11) is 1.46. The van der Waals surface area contributed by atoms with E-state index in [-0.39, 0.29) is 6.57 Å². The second-order valence-corrected chi connectivity index (χ2v) is 0.563. The molecular weight excluding hydrogens is 53.8 g/mol. The van der Waals surface area contributed by atoms with Gasteiger partial charge in [0, 0.05) is 0 Å². The Morgan fingerprint density at radius 2 is 2.25 bits per heavy atom. The Labute approximate surface area is 26.3 Å². The molecule has 1 radical (unpaired) electrons. The molecule has 0 saturated heterocycles. The molecule has 0 atom stereocenters. The summed E-state index contributed by atoms with van der Waals surface area (Å²) in [5, 5.41) is 0. The number of hydrogen-bond donors (Lipinski definition) is 0. The maximum Gasteiger partial charge on any atom is 0.148 e. The Balaban J connectivity index is 1.97. The average Bonchev–Trinajstić information content (AvgIpc) is 1.37. The van der Waals surface area contributed by atoms with Crippen molar-refractivity contribution < 1.29 is 4.39 Å². The van der Waals surface area contributed by atoms with Crippen molar-refractivity contribution in [3.63, 3.8) is 0 Å². The largest absolute Gasteiger partial charge is 0.261 e. The molecule has 0 amide bonds. The van der Waals surface area contributed by atoms with Gasteiger partial charge in [-0.2, -0.15) is 0 Å². The fourth-order valence-corrected chi connectivity index (χ4v) is 0. The summed E-state index contributed by atoms with van der Waals surface area (Å²) in [5.41, 5.74) is 0. The van der Waals surface area contributed by atoms with Gasteiger partial charge in [0.2, 0.25) is 0 Å². The average molecular weight is 58.9 g/mol. The maximum absolute atomic E-state index is 10.7. The van der Waals surface area contributed by atoms with Crippen molar-refractivity contribution in [1.82, 2.24) is 0 Å². The van der Waals surface area contributed by atoms with Crippen LogP contribution in [-0.4, -0.2) is 13.9 Å². The smallest absolute Gasteiger partial charge is 0.148 e. The van der Waals surface area contributed by atoms with Crippen molar-refractivity contribution in [2.45, 2.75) is 6.82 Å². The first-order chi connectivity index (χ1) is 1.91. The lowest BCUT2D eigenvalue weighted by Crippen LogP contribution is -1.78. The van der Waals surface area contributed by atoms with Gasteiger partial charge in [-0.05, 0) is 0 Å². The number of hydrogen-bond acceptors (Lipinski definition) is 0. The van der Waals surface area contributed by atoms with E-state index in [1.165, 1.54) is 7.28 Å². The Morgan fingerprint density at radius 1 is 2.00 bits per heavy atom. The van der Waals surface area contributed by atoms with Gasteiger partial charge >= 0.3 is 0 Å². The van der Waals surface area contributed by atoms with Crippen LogP contribution in [-0.2, 0) is 0 Å². The summed E-state index contributed by atoms with van der Waals surface area (Å²) in [5.74, 6) is 0. The van der Waals surface area contributed by atoms with Crippen LogP contribution in [0.15, 0.2) is 0 Å². The lowest BCUT2D eigenvalue weighted by atomic mass is 9.86. The van der Waals surface area contributed by atoms with Crippen molar-refractivity contribution >= 4 is 7.28 Å². The van der Waals surface area contributed by atoms with E-state index in [1.807, 2.05) is 0 Å². The molecule has 0 nitrogen and oxygen atoms in total. The molecule has 0 rings (SSSR count). The van der Waals surface area contributed by atoms with Crippen LogP contribution in [0.4, 0.5) is 4.39 Å². The fraction of sp³-hybridized carbons (Fsp3) is 1.00. The van der Waals surface area contributed by atoms with Gasteiger partial charge in [-0.3, -0.25) is 4.39 Å². The van der Waals surface area contributed by atoms with Crippen LogP contribution in [0.25, 0.3) is 0 Å². The third-order valence-corrected chi connectivity index (χ3v) is 0.154. The van der Waals surface area contributed by atoms with E-state index in [0.29, 0.717) is 0 Å². The Bertz CT molecular complexity index is 8.00. The molecule has 0 aliphatic rings. The second kappa shape index (κ2) is 2.99. The van der Waals surface area contributed by atoms with Crippen molar-refractivity contribution in [3.8, 4) is 0 Å². The minimum Gasteiger partial charge on any atom is -0.261 e. The Hall–Kier alpha value is -0.00506. The topological polar surface area (TPSA) is 0 Å². The summed E-state index contributed by atoms with van der Waals surface area (Å²) in [6, 6.07) is 0. The molecule has 0 aromatic carbocycles. The molecule has 0 unspecified atom stereocenters. The molecular formula is C2H5BF. The van der Waals surface area contributed by atoms with E-state index >= 15 is 0 Å². The van der Waals surface area contributed by atoms with Crippen LogP contribution in [0.3, 0.4) is 0 Å². The fourth-order valence-electron chi connectivity index (χ4n) is 0. The van der Waals surface area contributed by atoms with E-state index in [2.05, 4.69) is 0 Å². The lowest BCUT2D eigenvalue weighted by molar-refractivity contribution is 0.594. The van der Waals surface area contributed by atoms with Gasteiger partial charge in [0.15, 0.2) is 0 Å². The normalized spacial score (nSPS) is 6.50. The number of alkyl halides is 1. The van der Waals surface area contributed by atoms with Crippen molar-refractivity contribution in [2.75, 3.05) is 6.57 Å². The molecule has 0 aliphatic heterocycles. The van der Waals surface area contributed by atoms with Gasteiger partial charge in [0.1, 0.15) is 7.28 Å². The van der Waals surface area contributed by atoms with Crippen LogP contribution >= 0.6 is 0 Å². The molecule has 0 aliphatic carbocycles. The van der Waals surface area contributed by atoms with Gasteiger partial charge < -0.3 is 0 Å². The predicted octanol–water partition coefficient (Wildman–Crippen LogP) is 0.666. The van der Waals surface area contributed by atoms with E-state index < -0.39 is 0 Å². The molecule has 0 heterocycles. The number of rotatable bonds is 1. The highest BCUT2D eigenvalue weighted by molar-refractivity contribution is 6.33. The zero-order chi connectivity index (χ0) is 3.41. The minimum atomic E-state index is -0.306. The molecule has 23 valence electrons. The van der Waals surface area contributed by atoms with Crippen LogP contribution < -0.4 is 0 Å². The third-order valence-electron chi connectivity index (χ3n) is 0.154. The molecule has 0 aromatic heterocycles. The first kappa shape index (κ1) is 3.99. The highest BCUT2D eigenvalue weighted by atomic mass is 19.1. The van der Waals surface area contributed by atoms with Crippen molar-refractivity contribution in [2.24, 2.45) is 0 Å². The molecule has 0 N–H and O–H groups in total. The van der Waals surface area contributed by atoms with E-state index in [9.17, 15) is 4.39 Å². The first-order valence-corrected chi connectivity index (χ1v) is 1.25. The molecule has 0 aromatic rings. The molecule has 2 heteroatoms. The van der Waals surface area contributed by atoms with E-state index in [4.69, 9.17) is 0 Å². The SMILES string of the molecule is C[B]CF. The van der Waals surface area contributed by atoms with Gasteiger partial charge in [-0.15, -0.1) is 0 Å². The molecule has 0 bridgehead atoms. The summed E-state index contributed by atoms with van der Waals surface area (Å²) in [6.45, 7) is 1.38. The molecule has 0 saturated carbocycles.